The number of carbonyl (C=O) groups excluding carboxylic acids is 1. The molecule has 0 saturated carbocycles. The maximum Gasteiger partial charge on any atom is 0.254 e. The van der Waals surface area contributed by atoms with Crippen LogP contribution in [0.15, 0.2) is 35.7 Å². The first-order chi connectivity index (χ1) is 10.4. The van der Waals surface area contributed by atoms with Crippen LogP contribution in [0.4, 0.5) is 0 Å². The van der Waals surface area contributed by atoms with Crippen LogP contribution in [0.2, 0.25) is 0 Å². The van der Waals surface area contributed by atoms with Gasteiger partial charge in [0.15, 0.2) is 6.10 Å². The molecule has 1 atom stereocenters. The van der Waals surface area contributed by atoms with E-state index in [0.717, 1.165) is 16.3 Å². The number of ether oxygens (including phenoxy) is 1. The van der Waals surface area contributed by atoms with Gasteiger partial charge in [0.25, 0.3) is 5.91 Å². The second kappa shape index (κ2) is 7.03. The molecule has 1 N–H and O–H groups in total. The fourth-order valence-corrected chi connectivity index (χ4v) is 2.97. The van der Waals surface area contributed by atoms with Crippen LogP contribution in [0.5, 0.6) is 0 Å². The second-order valence-corrected chi connectivity index (χ2v) is 7.06. The van der Waals surface area contributed by atoms with Crippen molar-refractivity contribution < 1.29 is 9.53 Å². The molecule has 5 heteroatoms. The quantitative estimate of drug-likeness (QED) is 0.918. The average Bonchev–Trinajstić information content (AvgIpc) is 2.96. The molecule has 1 amide bonds. The van der Waals surface area contributed by atoms with Gasteiger partial charge < -0.3 is 10.1 Å². The van der Waals surface area contributed by atoms with Crippen molar-refractivity contribution in [2.45, 2.75) is 38.8 Å². The Kier molecular flexibility index (Phi) is 5.32. The Labute approximate surface area is 135 Å². The smallest absolute Gasteiger partial charge is 0.254 e. The predicted octanol–water partition coefficient (Wildman–Crippen LogP) is 3.44. The van der Waals surface area contributed by atoms with E-state index in [1.165, 1.54) is 0 Å². The molecule has 0 fully saturated rings. The van der Waals surface area contributed by atoms with Crippen molar-refractivity contribution in [3.05, 3.63) is 52.0 Å². The number of thiazole rings is 1. The van der Waals surface area contributed by atoms with Gasteiger partial charge in [0, 0.05) is 17.9 Å². The zero-order valence-corrected chi connectivity index (χ0v) is 14.2. The molecule has 1 heterocycles. The summed E-state index contributed by atoms with van der Waals surface area (Å²) in [6, 6.07) is 9.47. The third-order valence-electron chi connectivity index (χ3n) is 3.31. The molecule has 0 spiro atoms. The molecule has 4 nitrogen and oxygen atoms in total. The molecule has 0 bridgehead atoms. The van der Waals surface area contributed by atoms with E-state index >= 15 is 0 Å². The number of hydrogen-bond acceptors (Lipinski definition) is 4. The Morgan fingerprint density at radius 3 is 2.55 bits per heavy atom. The molecule has 22 heavy (non-hydrogen) atoms. The average molecular weight is 318 g/mol. The minimum Gasteiger partial charge on any atom is -0.367 e. The zero-order chi connectivity index (χ0) is 16.2. The van der Waals surface area contributed by atoms with Gasteiger partial charge in [-0.05, 0) is 5.56 Å². The lowest BCUT2D eigenvalue weighted by Crippen LogP contribution is -2.30. The van der Waals surface area contributed by atoms with Crippen molar-refractivity contribution in [2.75, 3.05) is 7.11 Å². The van der Waals surface area contributed by atoms with Gasteiger partial charge in [0.2, 0.25) is 0 Å². The molecule has 0 aliphatic carbocycles. The Bertz CT molecular complexity index is 617. The van der Waals surface area contributed by atoms with Gasteiger partial charge in [0.05, 0.1) is 12.2 Å². The van der Waals surface area contributed by atoms with Crippen LogP contribution in [-0.2, 0) is 21.5 Å². The van der Waals surface area contributed by atoms with Gasteiger partial charge in [-0.2, -0.15) is 0 Å². The normalized spacial score (nSPS) is 12.9. The number of carbonyl (C=O) groups is 1. The van der Waals surface area contributed by atoms with Crippen LogP contribution in [0, 0.1) is 0 Å². The summed E-state index contributed by atoms with van der Waals surface area (Å²) in [6.07, 6.45) is -0.594. The molecule has 0 unspecified atom stereocenters. The van der Waals surface area contributed by atoms with E-state index < -0.39 is 6.10 Å². The van der Waals surface area contributed by atoms with Gasteiger partial charge in [-0.1, -0.05) is 51.1 Å². The molecule has 0 radical (unpaired) electrons. The number of nitrogens with zero attached hydrogens (tertiary/aromatic N) is 1. The van der Waals surface area contributed by atoms with E-state index in [1.807, 2.05) is 35.7 Å². The Morgan fingerprint density at radius 1 is 1.32 bits per heavy atom. The third kappa shape index (κ3) is 4.15. The first-order valence-electron chi connectivity index (χ1n) is 7.22. The van der Waals surface area contributed by atoms with Crippen LogP contribution < -0.4 is 5.32 Å². The molecule has 1 aromatic carbocycles. The van der Waals surface area contributed by atoms with Crippen LogP contribution >= 0.6 is 11.3 Å². The van der Waals surface area contributed by atoms with Crippen LogP contribution in [0.25, 0.3) is 0 Å². The number of amides is 1. The van der Waals surface area contributed by atoms with Gasteiger partial charge in [-0.15, -0.1) is 11.3 Å². The molecule has 1 aromatic heterocycles. The van der Waals surface area contributed by atoms with E-state index in [1.54, 1.807) is 18.4 Å². The Morgan fingerprint density at radius 2 is 2.00 bits per heavy atom. The summed E-state index contributed by atoms with van der Waals surface area (Å²) in [6.45, 7) is 6.80. The van der Waals surface area contributed by atoms with Gasteiger partial charge in [0.1, 0.15) is 5.01 Å². The van der Waals surface area contributed by atoms with E-state index in [-0.39, 0.29) is 11.3 Å². The largest absolute Gasteiger partial charge is 0.367 e. The molecule has 118 valence electrons. The van der Waals surface area contributed by atoms with Crippen LogP contribution in [-0.4, -0.2) is 18.0 Å². The highest BCUT2D eigenvalue weighted by atomic mass is 32.1. The van der Waals surface area contributed by atoms with Crippen LogP contribution in [0.1, 0.15) is 43.1 Å². The summed E-state index contributed by atoms with van der Waals surface area (Å²) in [5.74, 6) is -0.152. The van der Waals surface area contributed by atoms with E-state index in [0.29, 0.717) is 6.54 Å². The van der Waals surface area contributed by atoms with Crippen molar-refractivity contribution in [3.8, 4) is 0 Å². The van der Waals surface area contributed by atoms with E-state index in [9.17, 15) is 4.79 Å². The number of aromatic nitrogens is 1. The molecule has 0 saturated heterocycles. The van der Waals surface area contributed by atoms with E-state index in [2.05, 4.69) is 31.1 Å². The summed E-state index contributed by atoms with van der Waals surface area (Å²) >= 11 is 1.57. The highest BCUT2D eigenvalue weighted by molar-refractivity contribution is 7.09. The summed E-state index contributed by atoms with van der Waals surface area (Å²) in [5, 5.41) is 5.85. The summed E-state index contributed by atoms with van der Waals surface area (Å²) in [7, 11) is 1.54. The lowest BCUT2D eigenvalue weighted by Gasteiger charge is -2.15. The Balaban J connectivity index is 1.98. The van der Waals surface area contributed by atoms with Crippen molar-refractivity contribution in [2.24, 2.45) is 0 Å². The van der Waals surface area contributed by atoms with Gasteiger partial charge in [-0.25, -0.2) is 4.98 Å². The minimum atomic E-state index is -0.594. The van der Waals surface area contributed by atoms with Crippen LogP contribution in [0.3, 0.4) is 0 Å². The number of rotatable bonds is 5. The Hall–Kier alpha value is -1.72. The number of hydrogen-bond donors (Lipinski definition) is 1. The number of methoxy groups -OCH3 is 1. The van der Waals surface area contributed by atoms with Crippen molar-refractivity contribution in [1.82, 2.24) is 10.3 Å². The first-order valence-corrected chi connectivity index (χ1v) is 8.10. The van der Waals surface area contributed by atoms with Crippen molar-refractivity contribution in [3.63, 3.8) is 0 Å². The number of benzene rings is 1. The summed E-state index contributed by atoms with van der Waals surface area (Å²) in [5.41, 5.74) is 1.92. The maximum absolute atomic E-state index is 12.3. The third-order valence-corrected chi connectivity index (χ3v) is 4.16. The fraction of sp³-hybridized carbons (Fsp3) is 0.412. The molecule has 0 aliphatic rings. The minimum absolute atomic E-state index is 0.0257. The molecular weight excluding hydrogens is 296 g/mol. The van der Waals surface area contributed by atoms with Crippen molar-refractivity contribution in [1.29, 1.82) is 0 Å². The summed E-state index contributed by atoms with van der Waals surface area (Å²) in [4.78, 5) is 16.9. The standard InChI is InChI=1S/C17H22N2O2S/c1-17(2,3)13-11-22-14(19-13)10-18-16(20)15(21-4)12-8-6-5-7-9-12/h5-9,11,15H,10H2,1-4H3,(H,18,20)/t15-/m1/s1. The summed E-state index contributed by atoms with van der Waals surface area (Å²) < 4.78 is 5.32. The van der Waals surface area contributed by atoms with Gasteiger partial charge >= 0.3 is 0 Å². The molecule has 2 rings (SSSR count). The molecule has 2 aromatic rings. The molecular formula is C17H22N2O2S. The predicted molar refractivity (Wildman–Crippen MR) is 88.9 cm³/mol. The number of nitrogens with one attached hydrogen (secondary N) is 1. The maximum atomic E-state index is 12.3. The lowest BCUT2D eigenvalue weighted by atomic mass is 9.93. The second-order valence-electron chi connectivity index (χ2n) is 6.12. The highest BCUT2D eigenvalue weighted by Crippen LogP contribution is 2.24. The fourth-order valence-electron chi connectivity index (χ4n) is 2.01. The lowest BCUT2D eigenvalue weighted by molar-refractivity contribution is -0.131. The first kappa shape index (κ1) is 16.6. The SMILES string of the molecule is CO[C@@H](C(=O)NCc1nc(C(C)(C)C)cs1)c1ccccc1. The van der Waals surface area contributed by atoms with Crippen molar-refractivity contribution >= 4 is 17.2 Å². The topological polar surface area (TPSA) is 51.2 Å². The highest BCUT2D eigenvalue weighted by Gasteiger charge is 2.21. The van der Waals surface area contributed by atoms with E-state index in [4.69, 9.17) is 4.74 Å². The monoisotopic (exact) mass is 318 g/mol. The zero-order valence-electron chi connectivity index (χ0n) is 13.4. The molecule has 0 aliphatic heterocycles. The van der Waals surface area contributed by atoms with Gasteiger partial charge in [-0.3, -0.25) is 4.79 Å².